The Labute approximate surface area is 96.0 Å². The molecule has 5 heteroatoms. The summed E-state index contributed by atoms with van der Waals surface area (Å²) in [6.07, 6.45) is 0. The van der Waals surface area contributed by atoms with Gasteiger partial charge < -0.3 is 15.3 Å². The second-order valence-electron chi connectivity index (χ2n) is 3.50. The molecule has 15 heavy (non-hydrogen) atoms. The molecule has 0 saturated carbocycles. The Morgan fingerprint density at radius 1 is 1.33 bits per heavy atom. The summed E-state index contributed by atoms with van der Waals surface area (Å²) >= 11 is 3.09. The number of aromatic hydroxyl groups is 1. The number of rotatable bonds is 1. The number of piperazine rings is 1. The van der Waals surface area contributed by atoms with E-state index in [0.29, 0.717) is 4.47 Å². The number of nitrogens with zero attached hydrogens (tertiary/aromatic N) is 1. The van der Waals surface area contributed by atoms with Crippen molar-refractivity contribution in [1.82, 2.24) is 5.32 Å². The monoisotopic (exact) mass is 274 g/mol. The number of hydrogen-bond acceptors (Lipinski definition) is 3. The maximum atomic E-state index is 13.2. The highest BCUT2D eigenvalue weighted by Gasteiger charge is 2.14. The minimum absolute atomic E-state index is 0.302. The van der Waals surface area contributed by atoms with Gasteiger partial charge in [-0.3, -0.25) is 0 Å². The van der Waals surface area contributed by atoms with E-state index in [-0.39, 0.29) is 5.75 Å². The van der Waals surface area contributed by atoms with Crippen molar-refractivity contribution in [2.45, 2.75) is 0 Å². The van der Waals surface area contributed by atoms with Crippen LogP contribution in [0.1, 0.15) is 0 Å². The van der Waals surface area contributed by atoms with Gasteiger partial charge in [-0.2, -0.15) is 0 Å². The molecule has 1 heterocycles. The van der Waals surface area contributed by atoms with Gasteiger partial charge in [-0.1, -0.05) is 0 Å². The van der Waals surface area contributed by atoms with E-state index in [9.17, 15) is 9.50 Å². The molecule has 82 valence electrons. The van der Waals surface area contributed by atoms with Crippen molar-refractivity contribution in [1.29, 1.82) is 0 Å². The van der Waals surface area contributed by atoms with Gasteiger partial charge in [-0.15, -0.1) is 0 Å². The van der Waals surface area contributed by atoms with Gasteiger partial charge >= 0.3 is 0 Å². The third-order valence-electron chi connectivity index (χ3n) is 2.48. The highest BCUT2D eigenvalue weighted by atomic mass is 79.9. The summed E-state index contributed by atoms with van der Waals surface area (Å²) in [5.74, 6) is -0.910. The number of phenolic OH excluding ortho intramolecular Hbond substituents is 1. The van der Waals surface area contributed by atoms with Crippen LogP contribution in [0.2, 0.25) is 0 Å². The van der Waals surface area contributed by atoms with Crippen molar-refractivity contribution >= 4 is 21.6 Å². The summed E-state index contributed by atoms with van der Waals surface area (Å²) in [5.41, 5.74) is 0.849. The van der Waals surface area contributed by atoms with Crippen molar-refractivity contribution in [2.24, 2.45) is 0 Å². The van der Waals surface area contributed by atoms with Crippen molar-refractivity contribution in [3.63, 3.8) is 0 Å². The molecular formula is C10H12BrFN2O. The third-order valence-corrected chi connectivity index (χ3v) is 3.05. The van der Waals surface area contributed by atoms with E-state index in [1.165, 1.54) is 6.07 Å². The number of nitrogens with one attached hydrogen (secondary N) is 1. The molecule has 0 bridgehead atoms. The smallest absolute Gasteiger partial charge is 0.179 e. The molecule has 1 fully saturated rings. The normalized spacial score (nSPS) is 16.8. The zero-order valence-corrected chi connectivity index (χ0v) is 9.72. The molecule has 0 spiro atoms. The molecule has 1 aliphatic heterocycles. The quantitative estimate of drug-likeness (QED) is 0.819. The molecule has 2 rings (SSSR count). The predicted octanol–water partition coefficient (Wildman–Crippen LogP) is 1.70. The number of benzene rings is 1. The molecule has 1 aliphatic rings. The van der Waals surface area contributed by atoms with Crippen LogP contribution in [0, 0.1) is 5.82 Å². The van der Waals surface area contributed by atoms with Gasteiger partial charge in [0, 0.05) is 37.9 Å². The molecule has 0 radical (unpaired) electrons. The fourth-order valence-corrected chi connectivity index (χ4v) is 2.10. The van der Waals surface area contributed by atoms with Crippen molar-refractivity contribution < 1.29 is 9.50 Å². The summed E-state index contributed by atoms with van der Waals surface area (Å²) < 4.78 is 13.5. The zero-order chi connectivity index (χ0) is 10.8. The van der Waals surface area contributed by atoms with Gasteiger partial charge in [0.05, 0.1) is 4.47 Å². The van der Waals surface area contributed by atoms with Crippen molar-refractivity contribution in [3.05, 3.63) is 22.4 Å². The van der Waals surface area contributed by atoms with Gasteiger partial charge in [0.25, 0.3) is 0 Å². The number of phenols is 1. The van der Waals surface area contributed by atoms with Gasteiger partial charge in [-0.25, -0.2) is 4.39 Å². The summed E-state index contributed by atoms with van der Waals surface area (Å²) in [6.45, 7) is 3.57. The number of anilines is 1. The molecule has 1 aromatic rings. The van der Waals surface area contributed by atoms with Crippen LogP contribution in [0.25, 0.3) is 0 Å². The Morgan fingerprint density at radius 2 is 2.00 bits per heavy atom. The molecule has 0 atom stereocenters. The van der Waals surface area contributed by atoms with Gasteiger partial charge in [0.15, 0.2) is 11.6 Å². The van der Waals surface area contributed by atoms with Crippen molar-refractivity contribution in [2.75, 3.05) is 31.1 Å². The average Bonchev–Trinajstić information content (AvgIpc) is 2.26. The maximum absolute atomic E-state index is 13.2. The predicted molar refractivity (Wildman–Crippen MR) is 60.8 cm³/mol. The highest BCUT2D eigenvalue weighted by Crippen LogP contribution is 2.30. The first-order chi connectivity index (χ1) is 7.18. The average molecular weight is 275 g/mol. The number of halogens is 2. The second-order valence-corrected chi connectivity index (χ2v) is 4.35. The van der Waals surface area contributed by atoms with E-state index in [4.69, 9.17) is 0 Å². The van der Waals surface area contributed by atoms with Crippen LogP contribution in [-0.2, 0) is 0 Å². The first-order valence-electron chi connectivity index (χ1n) is 4.82. The van der Waals surface area contributed by atoms with Crippen LogP contribution >= 0.6 is 15.9 Å². The maximum Gasteiger partial charge on any atom is 0.179 e. The Balaban J connectivity index is 2.27. The van der Waals surface area contributed by atoms with Crippen LogP contribution in [0.3, 0.4) is 0 Å². The van der Waals surface area contributed by atoms with E-state index in [1.807, 2.05) is 0 Å². The lowest BCUT2D eigenvalue weighted by Crippen LogP contribution is -2.43. The minimum atomic E-state index is -0.603. The van der Waals surface area contributed by atoms with Crippen molar-refractivity contribution in [3.8, 4) is 5.75 Å². The second kappa shape index (κ2) is 4.37. The third kappa shape index (κ3) is 2.23. The van der Waals surface area contributed by atoms with Crippen LogP contribution in [0.4, 0.5) is 10.1 Å². The molecule has 1 aromatic carbocycles. The summed E-state index contributed by atoms with van der Waals surface area (Å²) in [6, 6.07) is 3.16. The van der Waals surface area contributed by atoms with Crippen LogP contribution in [-0.4, -0.2) is 31.3 Å². The minimum Gasteiger partial charge on any atom is -0.505 e. The summed E-state index contributed by atoms with van der Waals surface area (Å²) in [4.78, 5) is 2.11. The van der Waals surface area contributed by atoms with E-state index in [0.717, 1.165) is 31.9 Å². The molecule has 0 unspecified atom stereocenters. The van der Waals surface area contributed by atoms with Gasteiger partial charge in [0.2, 0.25) is 0 Å². The van der Waals surface area contributed by atoms with Crippen LogP contribution < -0.4 is 10.2 Å². The van der Waals surface area contributed by atoms with Gasteiger partial charge in [-0.05, 0) is 22.0 Å². The lowest BCUT2D eigenvalue weighted by atomic mass is 10.2. The lowest BCUT2D eigenvalue weighted by Gasteiger charge is -2.29. The fraction of sp³-hybridized carbons (Fsp3) is 0.400. The Hall–Kier alpha value is -0.810. The van der Waals surface area contributed by atoms with E-state index in [2.05, 4.69) is 26.1 Å². The summed E-state index contributed by atoms with van der Waals surface area (Å²) in [7, 11) is 0. The van der Waals surface area contributed by atoms with Crippen LogP contribution in [0.5, 0.6) is 5.75 Å². The zero-order valence-electron chi connectivity index (χ0n) is 8.13. The standard InChI is InChI=1S/C10H12BrFN2O/c11-8-5-7(6-9(15)10(8)12)14-3-1-13-2-4-14/h5-6,13,15H,1-4H2. The Morgan fingerprint density at radius 3 is 2.60 bits per heavy atom. The largest absolute Gasteiger partial charge is 0.505 e. The number of hydrogen-bond donors (Lipinski definition) is 2. The molecule has 0 aliphatic carbocycles. The van der Waals surface area contributed by atoms with Crippen LogP contribution in [0.15, 0.2) is 16.6 Å². The molecule has 0 amide bonds. The molecular weight excluding hydrogens is 263 g/mol. The first-order valence-corrected chi connectivity index (χ1v) is 5.61. The first kappa shape index (κ1) is 10.7. The van der Waals surface area contributed by atoms with E-state index >= 15 is 0 Å². The fourth-order valence-electron chi connectivity index (χ4n) is 1.67. The Kier molecular flexibility index (Phi) is 3.11. The molecule has 1 saturated heterocycles. The molecule has 2 N–H and O–H groups in total. The lowest BCUT2D eigenvalue weighted by molar-refractivity contribution is 0.430. The summed E-state index contributed by atoms with van der Waals surface area (Å²) in [5, 5.41) is 12.6. The van der Waals surface area contributed by atoms with E-state index < -0.39 is 5.82 Å². The topological polar surface area (TPSA) is 35.5 Å². The Bertz CT molecular complexity index is 343. The molecule has 0 aromatic heterocycles. The van der Waals surface area contributed by atoms with E-state index in [1.54, 1.807) is 6.07 Å². The van der Waals surface area contributed by atoms with Gasteiger partial charge in [0.1, 0.15) is 0 Å². The SMILES string of the molecule is Oc1cc(N2CCNCC2)cc(Br)c1F. The highest BCUT2D eigenvalue weighted by molar-refractivity contribution is 9.10. The molecule has 3 nitrogen and oxygen atoms in total.